The normalized spacial score (nSPS) is 23.4. The fourth-order valence-corrected chi connectivity index (χ4v) is 3.54. The van der Waals surface area contributed by atoms with Gasteiger partial charge in [-0.25, -0.2) is 0 Å². The molecule has 2 rings (SSSR count). The average Bonchev–Trinajstić information content (AvgIpc) is 2.52. The van der Waals surface area contributed by atoms with Gasteiger partial charge >= 0.3 is 0 Å². The molecule has 0 aromatic rings. The van der Waals surface area contributed by atoms with Gasteiger partial charge in [0.05, 0.1) is 0 Å². The van der Waals surface area contributed by atoms with E-state index in [4.69, 9.17) is 0 Å². The fraction of sp³-hybridized carbons (Fsp3) is 0.700. The van der Waals surface area contributed by atoms with Crippen LogP contribution < -0.4 is 0 Å². The van der Waals surface area contributed by atoms with Crippen molar-refractivity contribution >= 4 is 0 Å². The number of hydrogen-bond donors (Lipinski definition) is 0. The maximum Gasteiger partial charge on any atom is -0.0169 e. The lowest BCUT2D eigenvalue weighted by Crippen LogP contribution is -2.02. The summed E-state index contributed by atoms with van der Waals surface area (Å²) in [6.07, 6.45) is 30.9. The van der Waals surface area contributed by atoms with Crippen molar-refractivity contribution in [2.45, 2.75) is 77.0 Å². The smallest absolute Gasteiger partial charge is 0.0169 e. The molecule has 0 aromatic heterocycles. The molecule has 0 heteroatoms. The van der Waals surface area contributed by atoms with E-state index in [0.29, 0.717) is 0 Å². The second-order valence-corrected chi connectivity index (χ2v) is 6.60. The molecule has 0 aliphatic heterocycles. The highest BCUT2D eigenvalue weighted by Crippen LogP contribution is 2.25. The summed E-state index contributed by atoms with van der Waals surface area (Å²) in [6.45, 7) is 0. The summed E-state index contributed by atoms with van der Waals surface area (Å²) < 4.78 is 0. The van der Waals surface area contributed by atoms with Gasteiger partial charge in [-0.1, -0.05) is 75.0 Å². The van der Waals surface area contributed by atoms with Crippen LogP contribution in [-0.4, -0.2) is 0 Å². The van der Waals surface area contributed by atoms with Gasteiger partial charge in [0.15, 0.2) is 0 Å². The second-order valence-electron chi connectivity index (χ2n) is 6.60. The van der Waals surface area contributed by atoms with E-state index >= 15 is 0 Å². The molecule has 0 heterocycles. The summed E-state index contributed by atoms with van der Waals surface area (Å²) in [5, 5.41) is 0. The van der Waals surface area contributed by atoms with E-state index < -0.39 is 0 Å². The maximum atomic E-state index is 2.46. The molecular formula is C20H32. The highest BCUT2D eigenvalue weighted by molar-refractivity contribution is 5.00. The average molecular weight is 272 g/mol. The third-order valence-corrected chi connectivity index (χ3v) is 4.83. The minimum atomic E-state index is 0.878. The predicted molar refractivity (Wildman–Crippen MR) is 89.8 cm³/mol. The van der Waals surface area contributed by atoms with Crippen molar-refractivity contribution in [3.63, 3.8) is 0 Å². The van der Waals surface area contributed by atoms with Crippen LogP contribution in [0.1, 0.15) is 77.0 Å². The Morgan fingerprint density at radius 2 is 0.900 bits per heavy atom. The zero-order valence-corrected chi connectivity index (χ0v) is 13.1. The Morgan fingerprint density at radius 3 is 1.30 bits per heavy atom. The lowest BCUT2D eigenvalue weighted by Gasteiger charge is -2.17. The van der Waals surface area contributed by atoms with Crippen molar-refractivity contribution in [3.05, 3.63) is 36.5 Å². The van der Waals surface area contributed by atoms with Gasteiger partial charge in [0, 0.05) is 0 Å². The summed E-state index contributed by atoms with van der Waals surface area (Å²) in [7, 11) is 0. The van der Waals surface area contributed by atoms with Crippen molar-refractivity contribution in [2.24, 2.45) is 11.8 Å². The first-order valence-corrected chi connectivity index (χ1v) is 8.93. The molecule has 0 amide bonds. The van der Waals surface area contributed by atoms with Gasteiger partial charge < -0.3 is 0 Å². The maximum absolute atomic E-state index is 2.46. The number of allylic oxidation sites excluding steroid dienone is 6. The van der Waals surface area contributed by atoms with Gasteiger partial charge in [0.1, 0.15) is 0 Å². The van der Waals surface area contributed by atoms with Gasteiger partial charge in [0.25, 0.3) is 0 Å². The third-order valence-electron chi connectivity index (χ3n) is 4.83. The summed E-state index contributed by atoms with van der Waals surface area (Å²) >= 11 is 0. The van der Waals surface area contributed by atoms with Crippen LogP contribution in [-0.2, 0) is 0 Å². The van der Waals surface area contributed by atoms with Crippen LogP contribution in [0.5, 0.6) is 0 Å². The molecular weight excluding hydrogens is 240 g/mol. The molecule has 2 fully saturated rings. The Bertz CT molecular complexity index is 277. The molecule has 0 nitrogen and oxygen atoms in total. The first kappa shape index (κ1) is 15.6. The van der Waals surface area contributed by atoms with Crippen LogP contribution in [0.15, 0.2) is 36.5 Å². The molecule has 112 valence electrons. The lowest BCUT2D eigenvalue weighted by atomic mass is 9.89. The standard InChI is InChI=1S/C20H32/c1(3-7-13-19-15-9-5-10-16-19)2-4-8-14-20-17-11-6-12-18-20/h1-2,7-8,13-14,19-20H,3-6,9-12,15-18H2/b2-1-,13-7-,14-8-. The van der Waals surface area contributed by atoms with E-state index in [2.05, 4.69) is 36.5 Å². The van der Waals surface area contributed by atoms with Crippen LogP contribution in [0.25, 0.3) is 0 Å². The quantitative estimate of drug-likeness (QED) is 0.478. The second kappa shape index (κ2) is 10.0. The topological polar surface area (TPSA) is 0 Å². The summed E-state index contributed by atoms with van der Waals surface area (Å²) in [5.41, 5.74) is 0. The fourth-order valence-electron chi connectivity index (χ4n) is 3.54. The zero-order chi connectivity index (χ0) is 13.9. The molecule has 0 bridgehead atoms. The molecule has 2 saturated carbocycles. The largest absolute Gasteiger partial charge is 0.0851 e. The predicted octanol–water partition coefficient (Wildman–Crippen LogP) is 6.60. The van der Waals surface area contributed by atoms with Crippen molar-refractivity contribution in [1.29, 1.82) is 0 Å². The minimum Gasteiger partial charge on any atom is -0.0851 e. The molecule has 0 saturated heterocycles. The Labute approximate surface area is 126 Å². The van der Waals surface area contributed by atoms with Crippen molar-refractivity contribution in [2.75, 3.05) is 0 Å². The van der Waals surface area contributed by atoms with E-state index in [-0.39, 0.29) is 0 Å². The van der Waals surface area contributed by atoms with Crippen molar-refractivity contribution in [1.82, 2.24) is 0 Å². The van der Waals surface area contributed by atoms with Gasteiger partial charge in [0.2, 0.25) is 0 Å². The van der Waals surface area contributed by atoms with E-state index in [1.807, 2.05) is 0 Å². The first-order chi connectivity index (χ1) is 9.95. The van der Waals surface area contributed by atoms with Crippen LogP contribution in [0.4, 0.5) is 0 Å². The molecule has 0 unspecified atom stereocenters. The Morgan fingerprint density at radius 1 is 0.500 bits per heavy atom. The summed E-state index contributed by atoms with van der Waals surface area (Å²) in [4.78, 5) is 0. The van der Waals surface area contributed by atoms with Gasteiger partial charge in [-0.05, 0) is 50.4 Å². The highest BCUT2D eigenvalue weighted by Gasteiger charge is 2.09. The number of rotatable bonds is 6. The zero-order valence-electron chi connectivity index (χ0n) is 13.1. The Kier molecular flexibility index (Phi) is 7.82. The minimum absolute atomic E-state index is 0.878. The molecule has 0 spiro atoms. The van der Waals surface area contributed by atoms with Gasteiger partial charge in [-0.15, -0.1) is 0 Å². The van der Waals surface area contributed by atoms with Crippen LogP contribution >= 0.6 is 0 Å². The molecule has 0 atom stereocenters. The SMILES string of the molecule is C(=C/C/C=C\C1CCCCC1)/C/C=C\C1CCCCC1. The Hall–Kier alpha value is -0.780. The molecule has 0 aromatic carbocycles. The molecule has 20 heavy (non-hydrogen) atoms. The molecule has 0 N–H and O–H groups in total. The number of hydrogen-bond acceptors (Lipinski definition) is 0. The van der Waals surface area contributed by atoms with Crippen LogP contribution in [0, 0.1) is 11.8 Å². The highest BCUT2D eigenvalue weighted by atomic mass is 14.1. The Balaban J connectivity index is 1.52. The van der Waals surface area contributed by atoms with Gasteiger partial charge in [-0.3, -0.25) is 0 Å². The van der Waals surface area contributed by atoms with Crippen molar-refractivity contribution < 1.29 is 0 Å². The summed E-state index contributed by atoms with van der Waals surface area (Å²) in [6, 6.07) is 0. The first-order valence-electron chi connectivity index (χ1n) is 8.93. The molecule has 2 aliphatic rings. The van der Waals surface area contributed by atoms with Crippen molar-refractivity contribution in [3.8, 4) is 0 Å². The molecule has 2 aliphatic carbocycles. The van der Waals surface area contributed by atoms with Crippen LogP contribution in [0.3, 0.4) is 0 Å². The van der Waals surface area contributed by atoms with E-state index in [0.717, 1.165) is 24.7 Å². The molecule has 0 radical (unpaired) electrons. The monoisotopic (exact) mass is 272 g/mol. The van der Waals surface area contributed by atoms with E-state index in [9.17, 15) is 0 Å². The van der Waals surface area contributed by atoms with Gasteiger partial charge in [-0.2, -0.15) is 0 Å². The van der Waals surface area contributed by atoms with E-state index in [1.54, 1.807) is 0 Å². The third kappa shape index (κ3) is 6.59. The summed E-state index contributed by atoms with van der Waals surface area (Å²) in [5.74, 6) is 1.76. The van der Waals surface area contributed by atoms with E-state index in [1.165, 1.54) is 64.2 Å². The van der Waals surface area contributed by atoms with Crippen LogP contribution in [0.2, 0.25) is 0 Å². The lowest BCUT2D eigenvalue weighted by molar-refractivity contribution is 0.419.